The summed E-state index contributed by atoms with van der Waals surface area (Å²) in [7, 11) is 0. The highest BCUT2D eigenvalue weighted by atomic mass is 35.5. The minimum absolute atomic E-state index is 0.182. The molecule has 2 aromatic carbocycles. The quantitative estimate of drug-likeness (QED) is 0.472. The van der Waals surface area contributed by atoms with Crippen LogP contribution in [-0.4, -0.2) is 26.4 Å². The van der Waals surface area contributed by atoms with Crippen molar-refractivity contribution in [1.82, 2.24) is 14.8 Å². The summed E-state index contributed by atoms with van der Waals surface area (Å²) in [6, 6.07) is 12.7. The van der Waals surface area contributed by atoms with Gasteiger partial charge in [0.05, 0.1) is 21.5 Å². The molecule has 0 fully saturated rings. The van der Waals surface area contributed by atoms with Gasteiger partial charge in [0.1, 0.15) is 5.82 Å². The molecule has 0 atom stereocenters. The van der Waals surface area contributed by atoms with Gasteiger partial charge in [-0.25, -0.2) is 0 Å². The van der Waals surface area contributed by atoms with Crippen LogP contribution < -0.4 is 5.32 Å². The average Bonchev–Trinajstić information content (AvgIpc) is 3.07. The number of nitrogens with zero attached hydrogens (tertiary/aromatic N) is 3. The Kier molecular flexibility index (Phi) is 7.24. The zero-order valence-corrected chi connectivity index (χ0v) is 18.0. The van der Waals surface area contributed by atoms with Crippen molar-refractivity contribution in [2.45, 2.75) is 25.0 Å². The Morgan fingerprint density at radius 2 is 1.86 bits per heavy atom. The fourth-order valence-corrected chi connectivity index (χ4v) is 3.87. The lowest BCUT2D eigenvalue weighted by Gasteiger charge is -2.09. The lowest BCUT2D eigenvalue weighted by Crippen LogP contribution is -2.15. The Bertz CT molecular complexity index is 976. The summed E-state index contributed by atoms with van der Waals surface area (Å²) < 4.78 is 2.00. The first-order valence-corrected chi connectivity index (χ1v) is 10.6. The number of benzene rings is 2. The van der Waals surface area contributed by atoms with Crippen LogP contribution in [0.5, 0.6) is 0 Å². The van der Waals surface area contributed by atoms with Gasteiger partial charge < -0.3 is 9.88 Å². The SMILES string of the molecule is CCn1c(Cc2ccc(Cl)cc2)nnc1SCC(=O)Nc1cccc(Cl)c1Cl. The lowest BCUT2D eigenvalue weighted by atomic mass is 10.1. The second-order valence-corrected chi connectivity index (χ2v) is 8.05. The standard InChI is InChI=1S/C19H17Cl3N4OS/c1-2-26-16(10-12-6-8-13(20)9-7-12)24-25-19(26)28-11-17(27)23-15-5-3-4-14(21)18(15)22/h3-9H,2,10-11H2,1H3,(H,23,27). The molecule has 3 aromatic rings. The molecule has 0 saturated heterocycles. The van der Waals surface area contributed by atoms with E-state index in [1.165, 1.54) is 11.8 Å². The first-order chi connectivity index (χ1) is 13.5. The van der Waals surface area contributed by atoms with Crippen LogP contribution in [0.1, 0.15) is 18.3 Å². The first-order valence-electron chi connectivity index (χ1n) is 8.51. The van der Waals surface area contributed by atoms with Crippen LogP contribution in [0.4, 0.5) is 5.69 Å². The minimum atomic E-state index is -0.195. The van der Waals surface area contributed by atoms with Gasteiger partial charge in [0.25, 0.3) is 0 Å². The van der Waals surface area contributed by atoms with E-state index in [0.717, 1.165) is 11.4 Å². The van der Waals surface area contributed by atoms with Gasteiger partial charge in [0.2, 0.25) is 5.91 Å². The zero-order valence-electron chi connectivity index (χ0n) is 15.0. The molecule has 146 valence electrons. The van der Waals surface area contributed by atoms with Gasteiger partial charge >= 0.3 is 0 Å². The molecule has 0 saturated carbocycles. The molecule has 0 aliphatic carbocycles. The van der Waals surface area contributed by atoms with Crippen LogP contribution in [-0.2, 0) is 17.8 Å². The molecule has 0 bridgehead atoms. The average molecular weight is 456 g/mol. The highest BCUT2D eigenvalue weighted by molar-refractivity contribution is 7.99. The molecule has 1 aromatic heterocycles. The summed E-state index contributed by atoms with van der Waals surface area (Å²) in [5.74, 6) is 0.826. The molecular formula is C19H17Cl3N4OS. The summed E-state index contributed by atoms with van der Waals surface area (Å²) in [6.07, 6.45) is 0.642. The molecule has 1 N–H and O–H groups in total. The van der Waals surface area contributed by atoms with Crippen LogP contribution in [0.25, 0.3) is 0 Å². The maximum absolute atomic E-state index is 12.3. The largest absolute Gasteiger partial charge is 0.324 e. The van der Waals surface area contributed by atoms with Gasteiger partial charge in [-0.15, -0.1) is 10.2 Å². The maximum Gasteiger partial charge on any atom is 0.234 e. The Labute approximate surface area is 182 Å². The maximum atomic E-state index is 12.3. The summed E-state index contributed by atoms with van der Waals surface area (Å²) >= 11 is 19.3. The van der Waals surface area contributed by atoms with Gasteiger partial charge in [-0.2, -0.15) is 0 Å². The van der Waals surface area contributed by atoms with Crippen LogP contribution in [0, 0.1) is 0 Å². The number of amides is 1. The Morgan fingerprint density at radius 1 is 1.11 bits per heavy atom. The van der Waals surface area contributed by atoms with Crippen LogP contribution >= 0.6 is 46.6 Å². The van der Waals surface area contributed by atoms with Crippen molar-refractivity contribution >= 4 is 58.2 Å². The van der Waals surface area contributed by atoms with Crippen molar-refractivity contribution in [2.24, 2.45) is 0 Å². The molecule has 1 amide bonds. The fraction of sp³-hybridized carbons (Fsp3) is 0.211. The molecule has 0 spiro atoms. The number of rotatable bonds is 7. The normalized spacial score (nSPS) is 10.9. The van der Waals surface area contributed by atoms with Crippen molar-refractivity contribution in [3.8, 4) is 0 Å². The second-order valence-electron chi connectivity index (χ2n) is 5.88. The number of hydrogen-bond acceptors (Lipinski definition) is 4. The third kappa shape index (κ3) is 5.20. The van der Waals surface area contributed by atoms with Crippen molar-refractivity contribution in [3.05, 3.63) is 68.9 Å². The third-order valence-electron chi connectivity index (χ3n) is 3.94. The number of halogens is 3. The number of carbonyl (C=O) groups is 1. The van der Waals surface area contributed by atoms with Crippen molar-refractivity contribution in [2.75, 3.05) is 11.1 Å². The molecule has 0 radical (unpaired) electrons. The predicted molar refractivity (Wildman–Crippen MR) is 116 cm³/mol. The van der Waals surface area contributed by atoms with Crippen molar-refractivity contribution < 1.29 is 4.79 Å². The number of thioether (sulfide) groups is 1. The van der Waals surface area contributed by atoms with Gasteiger partial charge in [0.15, 0.2) is 5.16 Å². The van der Waals surface area contributed by atoms with Crippen molar-refractivity contribution in [3.63, 3.8) is 0 Å². The molecule has 0 aliphatic heterocycles. The summed E-state index contributed by atoms with van der Waals surface area (Å²) in [6.45, 7) is 2.73. The zero-order chi connectivity index (χ0) is 20.1. The van der Waals surface area contributed by atoms with E-state index in [1.54, 1.807) is 18.2 Å². The molecule has 5 nitrogen and oxygen atoms in total. The van der Waals surface area contributed by atoms with E-state index in [2.05, 4.69) is 15.5 Å². The van der Waals surface area contributed by atoms with Crippen molar-refractivity contribution in [1.29, 1.82) is 0 Å². The number of aromatic nitrogens is 3. The molecule has 28 heavy (non-hydrogen) atoms. The molecule has 9 heteroatoms. The highest BCUT2D eigenvalue weighted by Gasteiger charge is 2.14. The van der Waals surface area contributed by atoms with Gasteiger partial charge in [-0.1, -0.05) is 64.8 Å². The second kappa shape index (κ2) is 9.65. The van der Waals surface area contributed by atoms with Crippen LogP contribution in [0.3, 0.4) is 0 Å². The minimum Gasteiger partial charge on any atom is -0.324 e. The van der Waals surface area contributed by atoms with E-state index in [1.807, 2.05) is 35.8 Å². The molecule has 1 heterocycles. The monoisotopic (exact) mass is 454 g/mol. The van der Waals surface area contributed by atoms with Crippen LogP contribution in [0.2, 0.25) is 15.1 Å². The fourth-order valence-electron chi connectivity index (χ4n) is 2.58. The van der Waals surface area contributed by atoms with Crippen LogP contribution in [0.15, 0.2) is 47.6 Å². The van der Waals surface area contributed by atoms with Gasteiger partial charge in [0, 0.05) is 18.0 Å². The number of carbonyl (C=O) groups excluding carboxylic acids is 1. The van der Waals surface area contributed by atoms with E-state index in [0.29, 0.717) is 38.9 Å². The lowest BCUT2D eigenvalue weighted by molar-refractivity contribution is -0.113. The first kappa shape index (κ1) is 21.0. The number of anilines is 1. The topological polar surface area (TPSA) is 59.8 Å². The summed E-state index contributed by atoms with van der Waals surface area (Å²) in [5, 5.41) is 13.4. The molecule has 0 unspecified atom stereocenters. The Balaban J connectivity index is 1.64. The van der Waals surface area contributed by atoms with Gasteiger partial charge in [-0.3, -0.25) is 4.79 Å². The van der Waals surface area contributed by atoms with E-state index in [-0.39, 0.29) is 11.7 Å². The molecule has 3 rings (SSSR count). The van der Waals surface area contributed by atoms with Gasteiger partial charge in [-0.05, 0) is 36.8 Å². The summed E-state index contributed by atoms with van der Waals surface area (Å²) in [5.41, 5.74) is 1.58. The summed E-state index contributed by atoms with van der Waals surface area (Å²) in [4.78, 5) is 12.3. The molecule has 0 aliphatic rings. The highest BCUT2D eigenvalue weighted by Crippen LogP contribution is 2.29. The van der Waals surface area contributed by atoms with E-state index in [9.17, 15) is 4.79 Å². The van der Waals surface area contributed by atoms with E-state index >= 15 is 0 Å². The molecular weight excluding hydrogens is 439 g/mol. The number of nitrogens with one attached hydrogen (secondary N) is 1. The number of hydrogen-bond donors (Lipinski definition) is 1. The predicted octanol–water partition coefficient (Wildman–Crippen LogP) is 5.58. The third-order valence-corrected chi connectivity index (χ3v) is 5.98. The smallest absolute Gasteiger partial charge is 0.234 e. The Hall–Kier alpha value is -1.73. The Morgan fingerprint density at radius 3 is 2.57 bits per heavy atom. The van der Waals surface area contributed by atoms with E-state index < -0.39 is 0 Å². The van der Waals surface area contributed by atoms with E-state index in [4.69, 9.17) is 34.8 Å².